The Morgan fingerprint density at radius 1 is 1.00 bits per heavy atom. The van der Waals surface area contributed by atoms with Gasteiger partial charge in [0.2, 0.25) is 5.91 Å². The molecule has 2 rings (SSSR count). The number of ether oxygens (including phenoxy) is 3. The molecule has 0 spiro atoms. The van der Waals surface area contributed by atoms with Gasteiger partial charge in [0.25, 0.3) is 0 Å². The van der Waals surface area contributed by atoms with Gasteiger partial charge in [0, 0.05) is 12.8 Å². The lowest BCUT2D eigenvalue weighted by atomic mass is 10.1. The molecule has 28 heavy (non-hydrogen) atoms. The van der Waals surface area contributed by atoms with Gasteiger partial charge in [-0.15, -0.1) is 0 Å². The molecule has 148 valence electrons. The Bertz CT molecular complexity index is 809. The van der Waals surface area contributed by atoms with E-state index in [1.807, 2.05) is 30.3 Å². The second-order valence-corrected chi connectivity index (χ2v) is 5.77. The van der Waals surface area contributed by atoms with Gasteiger partial charge in [-0.25, -0.2) is 9.59 Å². The summed E-state index contributed by atoms with van der Waals surface area (Å²) in [6, 6.07) is 14.5. The molecule has 0 saturated carbocycles. The quantitative estimate of drug-likeness (QED) is 0.676. The molecule has 8 nitrogen and oxygen atoms in total. The minimum Gasteiger partial charge on any atom is -0.467 e. The van der Waals surface area contributed by atoms with Gasteiger partial charge in [-0.05, 0) is 23.3 Å². The van der Waals surface area contributed by atoms with Crippen LogP contribution in [0.2, 0.25) is 0 Å². The summed E-state index contributed by atoms with van der Waals surface area (Å²) in [7, 11) is 2.63. The van der Waals surface area contributed by atoms with Gasteiger partial charge in [-0.3, -0.25) is 4.79 Å². The summed E-state index contributed by atoms with van der Waals surface area (Å²) in [5.41, 5.74) is 1.70. The summed E-state index contributed by atoms with van der Waals surface area (Å²) in [6.07, 6.45) is -0.770. The average molecular weight is 386 g/mol. The number of carbonyl (C=O) groups excluding carboxylic acids is 3. The van der Waals surface area contributed by atoms with E-state index in [4.69, 9.17) is 14.2 Å². The van der Waals surface area contributed by atoms with E-state index in [-0.39, 0.29) is 19.1 Å². The molecule has 2 aromatic rings. The van der Waals surface area contributed by atoms with Crippen molar-refractivity contribution in [3.8, 4) is 0 Å². The number of rotatable bonds is 8. The molecule has 1 atom stereocenters. The van der Waals surface area contributed by atoms with Crippen LogP contribution in [-0.4, -0.2) is 38.8 Å². The van der Waals surface area contributed by atoms with Crippen molar-refractivity contribution in [2.75, 3.05) is 26.1 Å². The van der Waals surface area contributed by atoms with E-state index in [1.54, 1.807) is 24.3 Å². The van der Waals surface area contributed by atoms with Crippen LogP contribution in [0.15, 0.2) is 54.6 Å². The first kappa shape index (κ1) is 20.9. The average Bonchev–Trinajstić information content (AvgIpc) is 2.71. The van der Waals surface area contributed by atoms with Crippen LogP contribution in [0.3, 0.4) is 0 Å². The molecule has 0 heterocycles. The van der Waals surface area contributed by atoms with Crippen molar-refractivity contribution in [2.24, 2.45) is 0 Å². The maximum atomic E-state index is 12.2. The minimum absolute atomic E-state index is 0.0632. The highest BCUT2D eigenvalue weighted by Crippen LogP contribution is 2.19. The van der Waals surface area contributed by atoms with Crippen molar-refractivity contribution < 1.29 is 28.6 Å². The minimum atomic E-state index is -1.09. The lowest BCUT2D eigenvalue weighted by Crippen LogP contribution is -2.35. The molecular weight excluding hydrogens is 364 g/mol. The van der Waals surface area contributed by atoms with Crippen molar-refractivity contribution in [2.45, 2.75) is 12.6 Å². The number of benzene rings is 2. The van der Waals surface area contributed by atoms with E-state index < -0.39 is 18.1 Å². The Morgan fingerprint density at radius 3 is 2.43 bits per heavy atom. The largest absolute Gasteiger partial charge is 0.467 e. The van der Waals surface area contributed by atoms with Gasteiger partial charge >= 0.3 is 12.1 Å². The fourth-order valence-corrected chi connectivity index (χ4v) is 2.40. The first-order valence-corrected chi connectivity index (χ1v) is 8.47. The maximum Gasteiger partial charge on any atom is 0.408 e. The van der Waals surface area contributed by atoms with Crippen molar-refractivity contribution in [3.05, 3.63) is 65.7 Å². The zero-order valence-electron chi connectivity index (χ0n) is 15.6. The molecule has 0 aromatic heterocycles. The molecule has 2 amide bonds. The van der Waals surface area contributed by atoms with E-state index in [9.17, 15) is 14.4 Å². The number of esters is 1. The number of methoxy groups -OCH3 is 2. The predicted molar refractivity (Wildman–Crippen MR) is 101 cm³/mol. The van der Waals surface area contributed by atoms with Crippen LogP contribution >= 0.6 is 0 Å². The van der Waals surface area contributed by atoms with Crippen LogP contribution in [-0.2, 0) is 30.4 Å². The second kappa shape index (κ2) is 10.7. The summed E-state index contributed by atoms with van der Waals surface area (Å²) >= 11 is 0. The highest BCUT2D eigenvalue weighted by Gasteiger charge is 2.24. The number of amides is 2. The number of hydrogen-bond acceptors (Lipinski definition) is 6. The third kappa shape index (κ3) is 6.40. The number of nitrogens with one attached hydrogen (secondary N) is 2. The van der Waals surface area contributed by atoms with Gasteiger partial charge in [0.15, 0.2) is 6.04 Å². The predicted octanol–water partition coefficient (Wildman–Crippen LogP) is 2.41. The second-order valence-electron chi connectivity index (χ2n) is 5.77. The van der Waals surface area contributed by atoms with Crippen molar-refractivity contribution in [3.63, 3.8) is 0 Å². The monoisotopic (exact) mass is 386 g/mol. The standard InChI is InChI=1S/C20H22N2O6/c1-26-13-17(23)21-16-10-6-9-15(11-16)18(19(24)27-2)22-20(25)28-12-14-7-4-3-5-8-14/h3-11,18H,12-13H2,1-2H3,(H,21,23)(H,22,25)/t18-/m1/s1. The first-order chi connectivity index (χ1) is 13.5. The molecule has 2 N–H and O–H groups in total. The fraction of sp³-hybridized carbons (Fsp3) is 0.250. The third-order valence-corrected chi connectivity index (χ3v) is 3.69. The highest BCUT2D eigenvalue weighted by atomic mass is 16.6. The van der Waals surface area contributed by atoms with Crippen LogP contribution in [0.5, 0.6) is 0 Å². The summed E-state index contributed by atoms with van der Waals surface area (Å²) in [5, 5.41) is 5.12. The molecule has 0 bridgehead atoms. The zero-order valence-corrected chi connectivity index (χ0v) is 15.6. The van der Waals surface area contributed by atoms with Gasteiger partial charge < -0.3 is 24.8 Å². The number of alkyl carbamates (subject to hydrolysis) is 1. The number of hydrogen-bond donors (Lipinski definition) is 2. The SMILES string of the molecule is COCC(=O)Nc1cccc([C@@H](NC(=O)OCc2ccccc2)C(=O)OC)c1. The molecule has 8 heteroatoms. The summed E-state index contributed by atoms with van der Waals surface area (Å²) in [4.78, 5) is 36.0. The fourth-order valence-electron chi connectivity index (χ4n) is 2.40. The molecule has 0 aliphatic rings. The topological polar surface area (TPSA) is 103 Å². The Labute approximate surface area is 162 Å². The molecular formula is C20H22N2O6. The normalized spacial score (nSPS) is 11.2. The third-order valence-electron chi connectivity index (χ3n) is 3.69. The molecule has 0 radical (unpaired) electrons. The Morgan fingerprint density at radius 2 is 1.75 bits per heavy atom. The van der Waals surface area contributed by atoms with Gasteiger partial charge in [0.1, 0.15) is 13.2 Å². The summed E-state index contributed by atoms with van der Waals surface area (Å²) < 4.78 is 14.7. The van der Waals surface area contributed by atoms with Gasteiger partial charge in [-0.1, -0.05) is 42.5 Å². The van der Waals surface area contributed by atoms with Crippen LogP contribution < -0.4 is 10.6 Å². The lowest BCUT2D eigenvalue weighted by molar-refractivity contribution is -0.143. The van der Waals surface area contributed by atoms with E-state index in [0.717, 1.165) is 5.56 Å². The molecule has 0 fully saturated rings. The number of anilines is 1. The smallest absolute Gasteiger partial charge is 0.408 e. The first-order valence-electron chi connectivity index (χ1n) is 8.47. The summed E-state index contributed by atoms with van der Waals surface area (Å²) in [5.74, 6) is -1.01. The van der Waals surface area contributed by atoms with Crippen LogP contribution in [0.25, 0.3) is 0 Å². The van der Waals surface area contributed by atoms with Gasteiger partial charge in [-0.2, -0.15) is 0 Å². The van der Waals surface area contributed by atoms with Crippen LogP contribution in [0.1, 0.15) is 17.2 Å². The van der Waals surface area contributed by atoms with Crippen molar-refractivity contribution in [1.29, 1.82) is 0 Å². The Balaban J connectivity index is 2.07. The maximum absolute atomic E-state index is 12.2. The van der Waals surface area contributed by atoms with E-state index in [1.165, 1.54) is 14.2 Å². The molecule has 0 aliphatic carbocycles. The molecule has 2 aromatic carbocycles. The van der Waals surface area contributed by atoms with E-state index in [0.29, 0.717) is 11.3 Å². The summed E-state index contributed by atoms with van der Waals surface area (Å²) in [6.45, 7) is -0.0393. The van der Waals surface area contributed by atoms with Gasteiger partial charge in [0.05, 0.1) is 7.11 Å². The van der Waals surface area contributed by atoms with Crippen LogP contribution in [0.4, 0.5) is 10.5 Å². The zero-order chi connectivity index (χ0) is 20.4. The van der Waals surface area contributed by atoms with Crippen LogP contribution in [0, 0.1) is 0 Å². The lowest BCUT2D eigenvalue weighted by Gasteiger charge is -2.18. The Kier molecular flexibility index (Phi) is 7.98. The van der Waals surface area contributed by atoms with E-state index >= 15 is 0 Å². The Hall–Kier alpha value is -3.39. The van der Waals surface area contributed by atoms with Crippen molar-refractivity contribution >= 4 is 23.7 Å². The molecule has 0 unspecified atom stereocenters. The van der Waals surface area contributed by atoms with Crippen molar-refractivity contribution in [1.82, 2.24) is 5.32 Å². The molecule has 0 saturated heterocycles. The van der Waals surface area contributed by atoms with E-state index in [2.05, 4.69) is 10.6 Å². The number of carbonyl (C=O) groups is 3. The molecule has 0 aliphatic heterocycles. The highest BCUT2D eigenvalue weighted by molar-refractivity contribution is 5.92.